The molecule has 170 valence electrons. The standard InChI is InChI=1S/C10H5F17S/c1-2(11)3(12,13)4(14,15)5(16,17)6(18,19)7(20,21)8(22,23)9(24,25)10(26,27)28/h2,28H,1H3. The van der Waals surface area contributed by atoms with Gasteiger partial charge in [0.1, 0.15) is 0 Å². The molecule has 0 saturated heterocycles. The first-order valence-corrected chi connectivity index (χ1v) is 6.53. The highest BCUT2D eigenvalue weighted by atomic mass is 32.1. The van der Waals surface area contributed by atoms with Crippen LogP contribution < -0.4 is 0 Å². The summed E-state index contributed by atoms with van der Waals surface area (Å²) in [6.45, 7) is -0.648. The molecule has 0 amide bonds. The van der Waals surface area contributed by atoms with Gasteiger partial charge in [0.25, 0.3) is 0 Å². The lowest BCUT2D eigenvalue weighted by molar-refractivity contribution is -0.450. The van der Waals surface area contributed by atoms with Crippen LogP contribution in [0.1, 0.15) is 6.92 Å². The molecule has 0 aliphatic rings. The lowest BCUT2D eigenvalue weighted by atomic mass is 9.88. The van der Waals surface area contributed by atoms with Gasteiger partial charge in [0, 0.05) is 0 Å². The minimum absolute atomic E-state index is 0.648. The lowest BCUT2D eigenvalue weighted by Gasteiger charge is -2.43. The minimum Gasteiger partial charge on any atom is -0.241 e. The second kappa shape index (κ2) is 6.58. The maximum Gasteiger partial charge on any atom is 0.387 e. The Morgan fingerprint density at radius 2 is 0.679 bits per heavy atom. The molecule has 0 aromatic rings. The molecule has 0 nitrogen and oxygen atoms in total. The van der Waals surface area contributed by atoms with Crippen molar-refractivity contribution in [1.29, 1.82) is 0 Å². The van der Waals surface area contributed by atoms with Crippen LogP contribution in [0.3, 0.4) is 0 Å². The van der Waals surface area contributed by atoms with Crippen LogP contribution in [0.15, 0.2) is 0 Å². The van der Waals surface area contributed by atoms with Gasteiger partial charge in [0.2, 0.25) is 0 Å². The summed E-state index contributed by atoms with van der Waals surface area (Å²) in [6, 6.07) is 0. The molecule has 0 saturated carbocycles. The van der Waals surface area contributed by atoms with E-state index in [0.29, 0.717) is 0 Å². The third-order valence-electron chi connectivity index (χ3n) is 3.27. The molecule has 0 fully saturated rings. The Hall–Kier alpha value is -0.840. The van der Waals surface area contributed by atoms with Gasteiger partial charge in [-0.3, -0.25) is 0 Å². The number of rotatable bonds is 8. The predicted molar refractivity (Wildman–Crippen MR) is 59.1 cm³/mol. The fourth-order valence-electron chi connectivity index (χ4n) is 1.44. The van der Waals surface area contributed by atoms with Gasteiger partial charge in [0.05, 0.1) is 0 Å². The van der Waals surface area contributed by atoms with Crippen LogP contribution in [0.5, 0.6) is 0 Å². The van der Waals surface area contributed by atoms with E-state index in [1.54, 1.807) is 0 Å². The number of hydrogen-bond donors (Lipinski definition) is 1. The van der Waals surface area contributed by atoms with Crippen LogP contribution in [0.25, 0.3) is 0 Å². The average Bonchev–Trinajstić information content (AvgIpc) is 2.44. The maximum absolute atomic E-state index is 13.2. The van der Waals surface area contributed by atoms with Crippen molar-refractivity contribution in [3.63, 3.8) is 0 Å². The van der Waals surface area contributed by atoms with Gasteiger partial charge in [-0.25, -0.2) is 4.39 Å². The zero-order valence-electron chi connectivity index (χ0n) is 12.4. The molecule has 0 aliphatic carbocycles. The van der Waals surface area contributed by atoms with Gasteiger partial charge in [-0.05, 0) is 6.92 Å². The third-order valence-corrected chi connectivity index (χ3v) is 3.55. The molecule has 0 N–H and O–H groups in total. The summed E-state index contributed by atoms with van der Waals surface area (Å²) in [5.41, 5.74) is 0. The van der Waals surface area contributed by atoms with E-state index in [0.717, 1.165) is 0 Å². The van der Waals surface area contributed by atoms with Crippen LogP contribution >= 0.6 is 12.6 Å². The number of alkyl halides is 17. The van der Waals surface area contributed by atoms with Crippen molar-refractivity contribution < 1.29 is 74.6 Å². The van der Waals surface area contributed by atoms with Crippen molar-refractivity contribution in [2.45, 2.75) is 59.8 Å². The SMILES string of the molecule is CC(F)C(F)(F)C(F)(F)C(F)(F)C(F)(F)C(F)(F)C(F)(F)C(F)(F)C(F)(F)S. The maximum atomic E-state index is 13.2. The predicted octanol–water partition coefficient (Wildman–Crippen LogP) is 6.31. The van der Waals surface area contributed by atoms with Gasteiger partial charge >= 0.3 is 46.7 Å². The Morgan fingerprint density at radius 1 is 0.464 bits per heavy atom. The van der Waals surface area contributed by atoms with Gasteiger partial charge in [-0.1, -0.05) is 12.6 Å². The Balaban J connectivity index is 6.72. The van der Waals surface area contributed by atoms with E-state index in [9.17, 15) is 74.6 Å². The highest BCUT2D eigenvalue weighted by Crippen LogP contribution is 2.64. The normalized spacial score (nSPS) is 17.7. The second-order valence-corrected chi connectivity index (χ2v) is 5.79. The van der Waals surface area contributed by atoms with Crippen LogP contribution in [0.2, 0.25) is 0 Å². The van der Waals surface area contributed by atoms with Crippen molar-refractivity contribution >= 4 is 12.6 Å². The van der Waals surface area contributed by atoms with E-state index in [2.05, 4.69) is 0 Å². The summed E-state index contributed by atoms with van der Waals surface area (Å²) in [4.78, 5) is 0. The summed E-state index contributed by atoms with van der Waals surface area (Å²) >= 11 is 1.41. The van der Waals surface area contributed by atoms with Gasteiger partial charge in [-0.15, -0.1) is 0 Å². The molecule has 0 aliphatic heterocycles. The van der Waals surface area contributed by atoms with Gasteiger partial charge < -0.3 is 0 Å². The van der Waals surface area contributed by atoms with Gasteiger partial charge in [0.15, 0.2) is 6.17 Å². The molecule has 1 atom stereocenters. The summed E-state index contributed by atoms with van der Waals surface area (Å²) < 4.78 is 219. The number of thiol groups is 1. The van der Waals surface area contributed by atoms with E-state index in [4.69, 9.17) is 0 Å². The topological polar surface area (TPSA) is 0 Å². The number of halogens is 17. The first-order valence-electron chi connectivity index (χ1n) is 6.08. The Kier molecular flexibility index (Phi) is 6.38. The zero-order chi connectivity index (χ0) is 23.6. The quantitative estimate of drug-likeness (QED) is 0.306. The molecule has 0 bridgehead atoms. The lowest BCUT2D eigenvalue weighted by Crippen LogP contribution is -2.74. The molecule has 28 heavy (non-hydrogen) atoms. The van der Waals surface area contributed by atoms with Crippen LogP contribution in [0.4, 0.5) is 74.6 Å². The highest BCUT2D eigenvalue weighted by Gasteiger charge is 2.94. The summed E-state index contributed by atoms with van der Waals surface area (Å²) in [5, 5.41) is -6.61. The molecule has 0 aromatic carbocycles. The van der Waals surface area contributed by atoms with Crippen LogP contribution in [-0.4, -0.2) is 52.9 Å². The Labute approximate surface area is 148 Å². The molecule has 18 heteroatoms. The molecule has 0 heterocycles. The van der Waals surface area contributed by atoms with Crippen molar-refractivity contribution in [3.05, 3.63) is 0 Å². The summed E-state index contributed by atoms with van der Waals surface area (Å²) in [6.07, 6.45) is -4.47. The zero-order valence-corrected chi connectivity index (χ0v) is 13.3. The van der Waals surface area contributed by atoms with E-state index in [1.807, 2.05) is 0 Å². The largest absolute Gasteiger partial charge is 0.387 e. The smallest absolute Gasteiger partial charge is 0.241 e. The third kappa shape index (κ3) is 3.16. The van der Waals surface area contributed by atoms with Crippen LogP contribution in [0, 0.1) is 0 Å². The minimum atomic E-state index is -8.53. The fraction of sp³-hybridized carbons (Fsp3) is 1.00. The molecule has 0 spiro atoms. The molecular weight excluding hydrogens is 475 g/mol. The fourth-order valence-corrected chi connectivity index (χ4v) is 1.58. The summed E-state index contributed by atoms with van der Waals surface area (Å²) in [7, 11) is 0. The van der Waals surface area contributed by atoms with Crippen molar-refractivity contribution in [3.8, 4) is 0 Å². The highest BCUT2D eigenvalue weighted by molar-refractivity contribution is 7.81. The monoisotopic (exact) mass is 480 g/mol. The van der Waals surface area contributed by atoms with Gasteiger partial charge in [-0.2, -0.15) is 70.2 Å². The first kappa shape index (κ1) is 27.2. The van der Waals surface area contributed by atoms with Crippen molar-refractivity contribution in [1.82, 2.24) is 0 Å². The Morgan fingerprint density at radius 3 is 0.893 bits per heavy atom. The van der Waals surface area contributed by atoms with E-state index in [-0.39, 0.29) is 0 Å². The second-order valence-electron chi connectivity index (χ2n) is 5.23. The molecule has 1 unspecified atom stereocenters. The summed E-state index contributed by atoms with van der Waals surface area (Å²) in [5.74, 6) is -56.1. The Bertz CT molecular complexity index is 571. The van der Waals surface area contributed by atoms with Crippen molar-refractivity contribution in [2.24, 2.45) is 0 Å². The van der Waals surface area contributed by atoms with E-state index in [1.165, 1.54) is 12.6 Å². The van der Waals surface area contributed by atoms with Crippen LogP contribution in [-0.2, 0) is 0 Å². The molecule has 0 rings (SSSR count). The van der Waals surface area contributed by atoms with E-state index < -0.39 is 59.8 Å². The number of hydrogen-bond acceptors (Lipinski definition) is 1. The first-order chi connectivity index (χ1) is 11.7. The average molecular weight is 480 g/mol. The van der Waals surface area contributed by atoms with E-state index >= 15 is 0 Å². The molecule has 0 radical (unpaired) electrons. The van der Waals surface area contributed by atoms with Crippen molar-refractivity contribution in [2.75, 3.05) is 0 Å². The molecular formula is C10H5F17S. The molecule has 0 aromatic heterocycles.